The zero-order valence-corrected chi connectivity index (χ0v) is 10.1. The zero-order chi connectivity index (χ0) is 11.1. The van der Waals surface area contributed by atoms with Gasteiger partial charge in [0.1, 0.15) is 0 Å². The molecule has 1 saturated carbocycles. The van der Waals surface area contributed by atoms with Gasteiger partial charge in [0.15, 0.2) is 0 Å². The molecule has 1 aliphatic rings. The van der Waals surface area contributed by atoms with E-state index in [1.807, 2.05) is 0 Å². The van der Waals surface area contributed by atoms with Gasteiger partial charge in [-0.3, -0.25) is 0 Å². The average molecular weight is 212 g/mol. The van der Waals surface area contributed by atoms with Gasteiger partial charge in [-0.2, -0.15) is 0 Å². The first-order valence-corrected chi connectivity index (χ1v) is 6.24. The normalized spacial score (nSPS) is 18.8. The summed E-state index contributed by atoms with van der Waals surface area (Å²) in [4.78, 5) is 11.4. The van der Waals surface area contributed by atoms with Gasteiger partial charge in [0.2, 0.25) is 0 Å². The van der Waals surface area contributed by atoms with Crippen LogP contribution in [0, 0.1) is 5.41 Å². The van der Waals surface area contributed by atoms with E-state index < -0.39 is 0 Å². The zero-order valence-electron chi connectivity index (χ0n) is 10.1. The lowest BCUT2D eigenvalue weighted by molar-refractivity contribution is 0.225. The van der Waals surface area contributed by atoms with Crippen molar-refractivity contribution in [1.29, 1.82) is 0 Å². The van der Waals surface area contributed by atoms with Crippen LogP contribution in [0.2, 0.25) is 0 Å². The van der Waals surface area contributed by atoms with Gasteiger partial charge in [-0.1, -0.05) is 26.7 Å². The number of urea groups is 1. The molecular formula is C12H24N2O. The van der Waals surface area contributed by atoms with Gasteiger partial charge >= 0.3 is 6.03 Å². The molecule has 0 radical (unpaired) electrons. The van der Waals surface area contributed by atoms with Crippen LogP contribution in [0.25, 0.3) is 0 Å². The highest BCUT2D eigenvalue weighted by Gasteiger charge is 2.31. The van der Waals surface area contributed by atoms with Crippen LogP contribution in [0.4, 0.5) is 4.79 Å². The van der Waals surface area contributed by atoms with E-state index in [0.717, 1.165) is 19.5 Å². The fourth-order valence-electron chi connectivity index (χ4n) is 2.35. The molecule has 0 spiro atoms. The van der Waals surface area contributed by atoms with Crippen molar-refractivity contribution in [3.63, 3.8) is 0 Å². The van der Waals surface area contributed by atoms with E-state index >= 15 is 0 Å². The summed E-state index contributed by atoms with van der Waals surface area (Å²) in [5.74, 6) is 0. The molecule has 0 heterocycles. The van der Waals surface area contributed by atoms with Crippen LogP contribution in [0.15, 0.2) is 0 Å². The highest BCUT2D eigenvalue weighted by atomic mass is 16.2. The van der Waals surface area contributed by atoms with Crippen LogP contribution in [-0.2, 0) is 0 Å². The first-order valence-electron chi connectivity index (χ1n) is 6.24. The van der Waals surface area contributed by atoms with Gasteiger partial charge in [0.05, 0.1) is 0 Å². The molecule has 0 saturated heterocycles. The second kappa shape index (κ2) is 5.99. The number of hydrogen-bond acceptors (Lipinski definition) is 1. The summed E-state index contributed by atoms with van der Waals surface area (Å²) in [6, 6.07) is -0.00317. The monoisotopic (exact) mass is 212 g/mol. The minimum absolute atomic E-state index is 0.00317. The lowest BCUT2D eigenvalue weighted by Crippen LogP contribution is -2.41. The first-order chi connectivity index (χ1) is 7.22. The molecule has 2 N–H and O–H groups in total. The highest BCUT2D eigenvalue weighted by molar-refractivity contribution is 5.73. The van der Waals surface area contributed by atoms with Crippen LogP contribution in [0.3, 0.4) is 0 Å². The number of amides is 2. The van der Waals surface area contributed by atoms with Crippen molar-refractivity contribution in [2.75, 3.05) is 13.1 Å². The minimum Gasteiger partial charge on any atom is -0.338 e. The summed E-state index contributed by atoms with van der Waals surface area (Å²) < 4.78 is 0. The van der Waals surface area contributed by atoms with Crippen LogP contribution < -0.4 is 10.6 Å². The maximum Gasteiger partial charge on any atom is 0.314 e. The van der Waals surface area contributed by atoms with Crippen LogP contribution in [0.1, 0.15) is 52.4 Å². The summed E-state index contributed by atoms with van der Waals surface area (Å²) >= 11 is 0. The smallest absolute Gasteiger partial charge is 0.314 e. The Morgan fingerprint density at radius 2 is 1.87 bits per heavy atom. The van der Waals surface area contributed by atoms with E-state index in [-0.39, 0.29) is 6.03 Å². The second-order valence-electron chi connectivity index (χ2n) is 4.67. The largest absolute Gasteiger partial charge is 0.338 e. The third-order valence-corrected chi connectivity index (χ3v) is 3.57. The Kier molecular flexibility index (Phi) is 4.92. The second-order valence-corrected chi connectivity index (χ2v) is 4.67. The lowest BCUT2D eigenvalue weighted by atomic mass is 9.83. The van der Waals surface area contributed by atoms with Gasteiger partial charge in [-0.05, 0) is 31.1 Å². The molecule has 15 heavy (non-hydrogen) atoms. The first kappa shape index (κ1) is 12.3. The lowest BCUT2D eigenvalue weighted by Gasteiger charge is -2.27. The topological polar surface area (TPSA) is 41.1 Å². The maximum absolute atomic E-state index is 11.4. The maximum atomic E-state index is 11.4. The van der Waals surface area contributed by atoms with E-state index in [2.05, 4.69) is 24.5 Å². The van der Waals surface area contributed by atoms with Gasteiger partial charge in [-0.25, -0.2) is 4.79 Å². The third kappa shape index (κ3) is 3.73. The Balaban J connectivity index is 2.25. The predicted molar refractivity (Wildman–Crippen MR) is 62.9 cm³/mol. The Morgan fingerprint density at radius 1 is 1.20 bits per heavy atom. The van der Waals surface area contributed by atoms with Crippen molar-refractivity contribution in [2.45, 2.75) is 52.4 Å². The van der Waals surface area contributed by atoms with Gasteiger partial charge in [-0.15, -0.1) is 0 Å². The highest BCUT2D eigenvalue weighted by Crippen LogP contribution is 2.40. The Hall–Kier alpha value is -0.730. The molecule has 1 rings (SSSR count). The van der Waals surface area contributed by atoms with Crippen molar-refractivity contribution in [3.8, 4) is 0 Å². The summed E-state index contributed by atoms with van der Waals surface area (Å²) in [7, 11) is 0. The Morgan fingerprint density at radius 3 is 2.40 bits per heavy atom. The van der Waals surface area contributed by atoms with Gasteiger partial charge in [0, 0.05) is 13.1 Å². The van der Waals surface area contributed by atoms with E-state index in [4.69, 9.17) is 0 Å². The number of carbonyl (C=O) groups excluding carboxylic acids is 1. The van der Waals surface area contributed by atoms with Crippen molar-refractivity contribution in [1.82, 2.24) is 10.6 Å². The SMILES string of the molecule is CCCNC(=O)NCC1(CC)CCCC1. The average Bonchev–Trinajstić information content (AvgIpc) is 2.73. The molecule has 0 bridgehead atoms. The molecule has 0 aromatic carbocycles. The molecule has 88 valence electrons. The number of carbonyl (C=O) groups is 1. The van der Waals surface area contributed by atoms with Crippen LogP contribution in [0.5, 0.6) is 0 Å². The van der Waals surface area contributed by atoms with Crippen molar-refractivity contribution in [3.05, 3.63) is 0 Å². The van der Waals surface area contributed by atoms with E-state index in [9.17, 15) is 4.79 Å². The number of nitrogens with one attached hydrogen (secondary N) is 2. The molecule has 0 aromatic heterocycles. The minimum atomic E-state index is -0.00317. The summed E-state index contributed by atoms with van der Waals surface area (Å²) in [6.07, 6.45) is 7.38. The van der Waals surface area contributed by atoms with Crippen LogP contribution >= 0.6 is 0 Å². The van der Waals surface area contributed by atoms with Crippen molar-refractivity contribution >= 4 is 6.03 Å². The summed E-state index contributed by atoms with van der Waals surface area (Å²) in [5, 5.41) is 5.85. The fraction of sp³-hybridized carbons (Fsp3) is 0.917. The third-order valence-electron chi connectivity index (χ3n) is 3.57. The Labute approximate surface area is 93.0 Å². The van der Waals surface area contributed by atoms with Gasteiger partial charge in [0.25, 0.3) is 0 Å². The van der Waals surface area contributed by atoms with Crippen molar-refractivity contribution < 1.29 is 4.79 Å². The molecule has 3 nitrogen and oxygen atoms in total. The van der Waals surface area contributed by atoms with Crippen LogP contribution in [-0.4, -0.2) is 19.1 Å². The molecule has 1 aliphatic carbocycles. The number of rotatable bonds is 5. The molecule has 2 amide bonds. The quantitative estimate of drug-likeness (QED) is 0.722. The molecular weight excluding hydrogens is 188 g/mol. The molecule has 3 heteroatoms. The fourth-order valence-corrected chi connectivity index (χ4v) is 2.35. The number of hydrogen-bond donors (Lipinski definition) is 2. The molecule has 0 aromatic rings. The summed E-state index contributed by atoms with van der Waals surface area (Å²) in [6.45, 7) is 5.91. The van der Waals surface area contributed by atoms with E-state index in [0.29, 0.717) is 5.41 Å². The summed E-state index contributed by atoms with van der Waals surface area (Å²) in [5.41, 5.74) is 0.392. The van der Waals surface area contributed by atoms with E-state index in [1.54, 1.807) is 0 Å². The Bertz CT molecular complexity index is 198. The van der Waals surface area contributed by atoms with Crippen molar-refractivity contribution in [2.24, 2.45) is 5.41 Å². The molecule has 0 unspecified atom stereocenters. The predicted octanol–water partition coefficient (Wildman–Crippen LogP) is 2.67. The molecule has 1 fully saturated rings. The molecule has 0 aliphatic heterocycles. The van der Waals surface area contributed by atoms with E-state index in [1.165, 1.54) is 32.1 Å². The standard InChI is InChI=1S/C12H24N2O/c1-3-9-13-11(15)14-10-12(4-2)7-5-6-8-12/h3-10H2,1-2H3,(H2,13,14,15). The molecule has 0 atom stereocenters. The van der Waals surface area contributed by atoms with Gasteiger partial charge < -0.3 is 10.6 Å².